The molecule has 3 heterocycles. The number of halogens is 2. The molecule has 10 nitrogen and oxygen atoms in total. The number of carbonyl (C=O) groups excluding carboxylic acids is 1. The molecule has 0 saturated carbocycles. The Labute approximate surface area is 245 Å². The maximum absolute atomic E-state index is 13.9. The van der Waals surface area contributed by atoms with Crippen molar-refractivity contribution in [2.45, 2.75) is 49.6 Å². The van der Waals surface area contributed by atoms with E-state index in [-0.39, 0.29) is 18.9 Å². The monoisotopic (exact) mass is 601 g/mol. The van der Waals surface area contributed by atoms with E-state index in [2.05, 4.69) is 32.8 Å². The number of benzene rings is 2. The van der Waals surface area contributed by atoms with Crippen molar-refractivity contribution >= 4 is 33.1 Å². The zero-order valence-electron chi connectivity index (χ0n) is 24.5. The Hall–Kier alpha value is -3.55. The van der Waals surface area contributed by atoms with Gasteiger partial charge in [0.2, 0.25) is 10.0 Å². The molecule has 5 rings (SSSR count). The van der Waals surface area contributed by atoms with E-state index in [1.54, 1.807) is 6.07 Å². The molecule has 1 unspecified atom stereocenters. The second-order valence-corrected chi connectivity index (χ2v) is 13.9. The molecule has 226 valence electrons. The zero-order chi connectivity index (χ0) is 30.4. The Morgan fingerprint density at radius 3 is 2.52 bits per heavy atom. The number of nitrogens with one attached hydrogen (secondary N) is 3. The van der Waals surface area contributed by atoms with Crippen molar-refractivity contribution in [1.29, 1.82) is 0 Å². The summed E-state index contributed by atoms with van der Waals surface area (Å²) in [5.74, 6) is -2.16. The largest absolute Gasteiger partial charge is 0.383 e. The van der Waals surface area contributed by atoms with Gasteiger partial charge in [-0.2, -0.15) is 9.40 Å². The number of hydrogen-bond donors (Lipinski definition) is 3. The first-order valence-electron chi connectivity index (χ1n) is 13.9. The number of hydrogen-bond acceptors (Lipinski definition) is 7. The predicted molar refractivity (Wildman–Crippen MR) is 158 cm³/mol. The van der Waals surface area contributed by atoms with Gasteiger partial charge in [-0.25, -0.2) is 17.2 Å². The summed E-state index contributed by atoms with van der Waals surface area (Å²) in [6.07, 6.45) is 2.21. The number of rotatable bonds is 8. The average molecular weight is 602 g/mol. The van der Waals surface area contributed by atoms with Gasteiger partial charge in [0.15, 0.2) is 5.82 Å². The number of likely N-dealkylation sites (N-methyl/N-ethyl adjacent to an activating group) is 1. The summed E-state index contributed by atoms with van der Waals surface area (Å²) >= 11 is 0. The van der Waals surface area contributed by atoms with Crippen LogP contribution in [-0.2, 0) is 22.0 Å². The Morgan fingerprint density at radius 2 is 1.88 bits per heavy atom. The smallest absolute Gasteiger partial charge is 0.258 e. The molecule has 0 radical (unpaired) electrons. The van der Waals surface area contributed by atoms with E-state index in [0.29, 0.717) is 41.2 Å². The average Bonchev–Trinajstić information content (AvgIpc) is 3.52. The fourth-order valence-corrected chi connectivity index (χ4v) is 7.34. The molecule has 2 aliphatic rings. The lowest BCUT2D eigenvalue weighted by molar-refractivity contribution is 0.102. The van der Waals surface area contributed by atoms with Crippen LogP contribution in [0.4, 0.5) is 26.0 Å². The molecular formula is C29H37F2N7O3S. The number of H-pyrrole nitrogens is 1. The third-order valence-electron chi connectivity index (χ3n) is 8.12. The summed E-state index contributed by atoms with van der Waals surface area (Å²) in [6, 6.07) is 8.13. The minimum absolute atomic E-state index is 0.0473. The molecule has 3 N–H and O–H groups in total. The Bertz CT molecular complexity index is 1590. The lowest BCUT2D eigenvalue weighted by Crippen LogP contribution is -2.45. The van der Waals surface area contributed by atoms with Gasteiger partial charge in [0, 0.05) is 73.9 Å². The van der Waals surface area contributed by atoms with Crippen LogP contribution in [-0.4, -0.2) is 80.5 Å². The first-order chi connectivity index (χ1) is 19.8. The molecule has 3 aromatic rings. The lowest BCUT2D eigenvalue weighted by atomic mass is 9.84. The van der Waals surface area contributed by atoms with Crippen molar-refractivity contribution in [3.8, 4) is 0 Å². The summed E-state index contributed by atoms with van der Waals surface area (Å²) < 4.78 is 55.9. The fraction of sp³-hybridized carbons (Fsp3) is 0.448. The molecule has 42 heavy (non-hydrogen) atoms. The molecule has 1 saturated heterocycles. The zero-order valence-corrected chi connectivity index (χ0v) is 25.3. The van der Waals surface area contributed by atoms with Crippen LogP contribution in [0.15, 0.2) is 41.3 Å². The van der Waals surface area contributed by atoms with E-state index in [0.717, 1.165) is 41.5 Å². The number of carbonyl (C=O) groups is 1. The van der Waals surface area contributed by atoms with Crippen LogP contribution in [0.2, 0.25) is 0 Å². The van der Waals surface area contributed by atoms with Gasteiger partial charge in [-0.1, -0.05) is 13.8 Å². The van der Waals surface area contributed by atoms with Crippen LogP contribution in [0.25, 0.3) is 0 Å². The number of likely N-dealkylation sites (tertiary alicyclic amines) is 1. The van der Waals surface area contributed by atoms with Crippen LogP contribution in [0.5, 0.6) is 0 Å². The summed E-state index contributed by atoms with van der Waals surface area (Å²) in [7, 11) is 1.70. The van der Waals surface area contributed by atoms with Crippen LogP contribution < -0.4 is 15.5 Å². The summed E-state index contributed by atoms with van der Waals surface area (Å²) in [4.78, 5) is 17.4. The van der Waals surface area contributed by atoms with Crippen molar-refractivity contribution in [2.24, 2.45) is 0 Å². The first kappa shape index (κ1) is 29.9. The van der Waals surface area contributed by atoms with Crippen molar-refractivity contribution < 1.29 is 22.0 Å². The third-order valence-corrected chi connectivity index (χ3v) is 9.89. The molecular weight excluding hydrogens is 564 g/mol. The minimum Gasteiger partial charge on any atom is -0.383 e. The number of fused-ring (bicyclic) bond motifs is 1. The van der Waals surface area contributed by atoms with E-state index in [1.807, 2.05) is 45.0 Å². The van der Waals surface area contributed by atoms with Gasteiger partial charge in [-0.05, 0) is 56.8 Å². The summed E-state index contributed by atoms with van der Waals surface area (Å²) in [5, 5.41) is 13.7. The normalized spacial score (nSPS) is 19.0. The SMILES string of the molecule is CN(C)c1ccc(C(=O)Nc2n[nH]c3c2CN(S(=O)(=O)c2cc(F)cc(F)c2)CC3(C)C)c(NCC2CCCN2C)c1. The van der Waals surface area contributed by atoms with E-state index >= 15 is 0 Å². The van der Waals surface area contributed by atoms with Crippen molar-refractivity contribution in [3.05, 3.63) is 64.9 Å². The Kier molecular flexibility index (Phi) is 8.03. The van der Waals surface area contributed by atoms with Gasteiger partial charge in [-0.15, -0.1) is 0 Å². The highest BCUT2D eigenvalue weighted by atomic mass is 32.2. The Balaban J connectivity index is 1.43. The van der Waals surface area contributed by atoms with Crippen molar-refractivity contribution in [3.63, 3.8) is 0 Å². The number of amides is 1. The quantitative estimate of drug-likeness (QED) is 0.358. The van der Waals surface area contributed by atoms with Crippen LogP contribution >= 0.6 is 0 Å². The van der Waals surface area contributed by atoms with Gasteiger partial charge in [0.25, 0.3) is 5.91 Å². The van der Waals surface area contributed by atoms with Crippen molar-refractivity contribution in [1.82, 2.24) is 19.4 Å². The third kappa shape index (κ3) is 5.86. The molecule has 2 aromatic carbocycles. The molecule has 2 aliphatic heterocycles. The highest BCUT2D eigenvalue weighted by Crippen LogP contribution is 2.38. The number of nitrogens with zero attached hydrogens (tertiary/aromatic N) is 4. The second kappa shape index (κ2) is 11.3. The van der Waals surface area contributed by atoms with Crippen molar-refractivity contribution in [2.75, 3.05) is 56.3 Å². The van der Waals surface area contributed by atoms with Gasteiger partial charge in [-0.3, -0.25) is 9.89 Å². The number of anilines is 3. The van der Waals surface area contributed by atoms with E-state index in [9.17, 15) is 22.0 Å². The lowest BCUT2D eigenvalue weighted by Gasteiger charge is -2.36. The van der Waals surface area contributed by atoms with Crippen LogP contribution in [0.3, 0.4) is 0 Å². The molecule has 1 fully saturated rings. The Morgan fingerprint density at radius 1 is 1.17 bits per heavy atom. The predicted octanol–water partition coefficient (Wildman–Crippen LogP) is 3.99. The summed E-state index contributed by atoms with van der Waals surface area (Å²) in [5.41, 5.74) is 2.49. The van der Waals surface area contributed by atoms with Gasteiger partial charge in [0.05, 0.1) is 10.5 Å². The molecule has 0 bridgehead atoms. The highest BCUT2D eigenvalue weighted by Gasteiger charge is 2.41. The first-order valence-corrected chi connectivity index (χ1v) is 15.3. The van der Waals surface area contributed by atoms with Crippen LogP contribution in [0, 0.1) is 11.6 Å². The molecule has 1 atom stereocenters. The number of aromatic amines is 1. The molecule has 0 spiro atoms. The van der Waals surface area contributed by atoms with E-state index in [1.165, 1.54) is 0 Å². The van der Waals surface area contributed by atoms with E-state index in [4.69, 9.17) is 0 Å². The maximum atomic E-state index is 13.9. The molecule has 1 amide bonds. The molecule has 13 heteroatoms. The van der Waals surface area contributed by atoms with Gasteiger partial charge >= 0.3 is 0 Å². The fourth-order valence-electron chi connectivity index (χ4n) is 5.73. The minimum atomic E-state index is -4.26. The number of sulfonamides is 1. The molecule has 1 aromatic heterocycles. The number of aromatic nitrogens is 2. The standard InChI is InChI=1S/C29H37F2N7O3S/c1-29(2)17-38(42(40,41)22-12-18(30)11-19(31)13-22)16-24-26(29)34-35-27(24)33-28(39)23-9-8-20(36(3)4)14-25(23)32-15-21-7-6-10-37(21)5/h8-9,11-14,21,32H,6-7,10,15-17H2,1-5H3,(H2,33,34,35,39). The maximum Gasteiger partial charge on any atom is 0.258 e. The van der Waals surface area contributed by atoms with Gasteiger partial charge < -0.3 is 20.4 Å². The van der Waals surface area contributed by atoms with Crippen LogP contribution in [0.1, 0.15) is 48.3 Å². The highest BCUT2D eigenvalue weighted by molar-refractivity contribution is 7.89. The topological polar surface area (TPSA) is 114 Å². The van der Waals surface area contributed by atoms with E-state index < -0.39 is 37.9 Å². The molecule has 0 aliphatic carbocycles. The second-order valence-electron chi connectivity index (χ2n) is 11.9. The summed E-state index contributed by atoms with van der Waals surface area (Å²) in [6.45, 7) is 5.32. The van der Waals surface area contributed by atoms with Gasteiger partial charge in [0.1, 0.15) is 11.6 Å².